The number of anilines is 1. The van der Waals surface area contributed by atoms with Crippen molar-refractivity contribution in [3.8, 4) is 0 Å². The second-order valence-electron chi connectivity index (χ2n) is 5.44. The molecule has 1 fully saturated rings. The summed E-state index contributed by atoms with van der Waals surface area (Å²) in [6, 6.07) is 5.37. The Morgan fingerprint density at radius 2 is 2.32 bits per heavy atom. The normalized spacial score (nSPS) is 27.1. The molecule has 0 heterocycles. The Kier molecular flexibility index (Phi) is 4.54. The summed E-state index contributed by atoms with van der Waals surface area (Å²) < 4.78 is 0.879. The zero-order chi connectivity index (χ0) is 14.0. The van der Waals surface area contributed by atoms with E-state index in [9.17, 15) is 4.79 Å². The van der Waals surface area contributed by atoms with Crippen LogP contribution in [0.15, 0.2) is 22.7 Å². The second-order valence-corrected chi connectivity index (χ2v) is 6.76. The van der Waals surface area contributed by atoms with Gasteiger partial charge in [0.2, 0.25) is 5.91 Å². The van der Waals surface area contributed by atoms with E-state index in [0.717, 1.165) is 30.2 Å². The third kappa shape index (κ3) is 3.50. The van der Waals surface area contributed by atoms with Gasteiger partial charge in [-0.05, 0) is 37.0 Å². The molecule has 5 heteroatoms. The molecule has 3 N–H and O–H groups in total. The molecular weight excluding hydrogens is 328 g/mol. The maximum absolute atomic E-state index is 12.4. The minimum Gasteiger partial charge on any atom is -0.323 e. The molecule has 2 atom stereocenters. The lowest BCUT2D eigenvalue weighted by atomic mass is 9.76. The van der Waals surface area contributed by atoms with Crippen molar-refractivity contribution >= 4 is 39.1 Å². The lowest BCUT2D eigenvalue weighted by molar-refractivity contribution is -0.122. The monoisotopic (exact) mass is 344 g/mol. The van der Waals surface area contributed by atoms with Crippen LogP contribution < -0.4 is 11.1 Å². The van der Waals surface area contributed by atoms with Crippen LogP contribution in [-0.2, 0) is 4.79 Å². The van der Waals surface area contributed by atoms with Crippen LogP contribution in [0.1, 0.15) is 32.6 Å². The minimum absolute atomic E-state index is 0.136. The minimum atomic E-state index is -0.770. The van der Waals surface area contributed by atoms with Crippen molar-refractivity contribution in [2.45, 2.75) is 38.1 Å². The molecule has 1 aromatic carbocycles. The average Bonchev–Trinajstić information content (AvgIpc) is 2.32. The van der Waals surface area contributed by atoms with E-state index in [1.807, 2.05) is 6.07 Å². The summed E-state index contributed by atoms with van der Waals surface area (Å²) >= 11 is 9.44. The van der Waals surface area contributed by atoms with Gasteiger partial charge in [-0.15, -0.1) is 0 Å². The number of rotatable bonds is 2. The molecule has 19 heavy (non-hydrogen) atoms. The quantitative estimate of drug-likeness (QED) is 0.852. The summed E-state index contributed by atoms with van der Waals surface area (Å²) in [5, 5.41) is 3.36. The van der Waals surface area contributed by atoms with Crippen LogP contribution in [0.4, 0.5) is 5.69 Å². The van der Waals surface area contributed by atoms with Crippen molar-refractivity contribution in [1.82, 2.24) is 0 Å². The molecule has 1 aliphatic carbocycles. The molecule has 0 radical (unpaired) electrons. The SMILES string of the molecule is CC1CCCC(N)(C(=O)Nc2ccc(Br)cc2Cl)C1. The molecule has 1 amide bonds. The van der Waals surface area contributed by atoms with Gasteiger partial charge in [0.25, 0.3) is 0 Å². The Labute approximate surface area is 127 Å². The van der Waals surface area contributed by atoms with Gasteiger partial charge in [0.15, 0.2) is 0 Å². The first kappa shape index (κ1) is 14.8. The molecule has 1 aromatic rings. The zero-order valence-electron chi connectivity index (χ0n) is 10.9. The highest BCUT2D eigenvalue weighted by Gasteiger charge is 2.38. The smallest absolute Gasteiger partial charge is 0.244 e. The van der Waals surface area contributed by atoms with Gasteiger partial charge >= 0.3 is 0 Å². The largest absolute Gasteiger partial charge is 0.323 e. The summed E-state index contributed by atoms with van der Waals surface area (Å²) in [6.45, 7) is 2.14. The van der Waals surface area contributed by atoms with Crippen molar-refractivity contribution in [1.29, 1.82) is 0 Å². The topological polar surface area (TPSA) is 55.1 Å². The number of hydrogen-bond donors (Lipinski definition) is 2. The van der Waals surface area contributed by atoms with Gasteiger partial charge in [0.05, 0.1) is 16.2 Å². The van der Waals surface area contributed by atoms with E-state index < -0.39 is 5.54 Å². The van der Waals surface area contributed by atoms with Crippen LogP contribution in [0.3, 0.4) is 0 Å². The first-order valence-electron chi connectivity index (χ1n) is 6.46. The Morgan fingerprint density at radius 1 is 1.58 bits per heavy atom. The van der Waals surface area contributed by atoms with Crippen molar-refractivity contribution in [2.24, 2.45) is 11.7 Å². The Bertz CT molecular complexity index is 494. The van der Waals surface area contributed by atoms with Crippen LogP contribution in [0, 0.1) is 5.92 Å². The third-order valence-corrected chi connectivity index (χ3v) is 4.47. The van der Waals surface area contributed by atoms with Crippen molar-refractivity contribution < 1.29 is 4.79 Å². The van der Waals surface area contributed by atoms with E-state index in [4.69, 9.17) is 17.3 Å². The highest BCUT2D eigenvalue weighted by molar-refractivity contribution is 9.10. The molecule has 1 saturated carbocycles. The molecule has 0 aliphatic heterocycles. The van der Waals surface area contributed by atoms with E-state index >= 15 is 0 Å². The van der Waals surface area contributed by atoms with Crippen LogP contribution in [0.5, 0.6) is 0 Å². The van der Waals surface area contributed by atoms with Crippen LogP contribution in [0.2, 0.25) is 5.02 Å². The molecule has 0 bridgehead atoms. The fourth-order valence-electron chi connectivity index (χ4n) is 2.64. The lowest BCUT2D eigenvalue weighted by Gasteiger charge is -2.35. The van der Waals surface area contributed by atoms with Gasteiger partial charge in [-0.1, -0.05) is 47.3 Å². The molecule has 3 nitrogen and oxygen atoms in total. The van der Waals surface area contributed by atoms with Crippen molar-refractivity contribution in [3.63, 3.8) is 0 Å². The zero-order valence-corrected chi connectivity index (χ0v) is 13.2. The number of halogens is 2. The molecule has 2 unspecified atom stereocenters. The fourth-order valence-corrected chi connectivity index (χ4v) is 3.36. The Hall–Kier alpha value is -0.580. The number of amides is 1. The maximum Gasteiger partial charge on any atom is 0.244 e. The van der Waals surface area contributed by atoms with E-state index in [1.54, 1.807) is 12.1 Å². The number of nitrogens with one attached hydrogen (secondary N) is 1. The fraction of sp³-hybridized carbons (Fsp3) is 0.500. The maximum atomic E-state index is 12.4. The summed E-state index contributed by atoms with van der Waals surface area (Å²) in [5.41, 5.74) is 6.10. The summed E-state index contributed by atoms with van der Waals surface area (Å²) in [7, 11) is 0. The highest BCUT2D eigenvalue weighted by atomic mass is 79.9. The predicted octanol–water partition coefficient (Wildman–Crippen LogP) is 3.95. The van der Waals surface area contributed by atoms with E-state index in [-0.39, 0.29) is 5.91 Å². The predicted molar refractivity (Wildman–Crippen MR) is 82.3 cm³/mol. The van der Waals surface area contributed by atoms with Crippen LogP contribution >= 0.6 is 27.5 Å². The van der Waals surface area contributed by atoms with Gasteiger partial charge in [-0.3, -0.25) is 4.79 Å². The van der Waals surface area contributed by atoms with Gasteiger partial charge in [-0.25, -0.2) is 0 Å². The first-order chi connectivity index (χ1) is 8.90. The number of carbonyl (C=O) groups is 1. The van der Waals surface area contributed by atoms with Crippen molar-refractivity contribution in [2.75, 3.05) is 5.32 Å². The average molecular weight is 346 g/mol. The summed E-state index contributed by atoms with van der Waals surface area (Å²) in [4.78, 5) is 12.4. The molecule has 0 saturated heterocycles. The number of hydrogen-bond acceptors (Lipinski definition) is 2. The number of nitrogens with two attached hydrogens (primary N) is 1. The lowest BCUT2D eigenvalue weighted by Crippen LogP contribution is -2.53. The Balaban J connectivity index is 2.12. The highest BCUT2D eigenvalue weighted by Crippen LogP contribution is 2.32. The van der Waals surface area contributed by atoms with Gasteiger partial charge in [0.1, 0.15) is 0 Å². The Morgan fingerprint density at radius 3 is 2.95 bits per heavy atom. The summed E-state index contributed by atoms with van der Waals surface area (Å²) in [6.07, 6.45) is 3.61. The van der Waals surface area contributed by atoms with Crippen LogP contribution in [0.25, 0.3) is 0 Å². The van der Waals surface area contributed by atoms with E-state index in [2.05, 4.69) is 28.2 Å². The number of carbonyl (C=O) groups excluding carboxylic acids is 1. The molecule has 1 aliphatic rings. The standard InChI is InChI=1S/C14H18BrClN2O/c1-9-3-2-6-14(17,8-9)13(19)18-12-5-4-10(15)7-11(12)16/h4-5,7,9H,2-3,6,8,17H2,1H3,(H,18,19). The van der Waals surface area contributed by atoms with Gasteiger partial charge < -0.3 is 11.1 Å². The van der Waals surface area contributed by atoms with Gasteiger partial charge in [0, 0.05) is 4.47 Å². The van der Waals surface area contributed by atoms with E-state index in [0.29, 0.717) is 16.6 Å². The molecule has 0 aromatic heterocycles. The molecule has 0 spiro atoms. The number of benzene rings is 1. The van der Waals surface area contributed by atoms with Gasteiger partial charge in [-0.2, -0.15) is 0 Å². The first-order valence-corrected chi connectivity index (χ1v) is 7.63. The second kappa shape index (κ2) is 5.81. The molecule has 2 rings (SSSR count). The molecule has 104 valence electrons. The van der Waals surface area contributed by atoms with Crippen molar-refractivity contribution in [3.05, 3.63) is 27.7 Å². The van der Waals surface area contributed by atoms with Crippen LogP contribution in [-0.4, -0.2) is 11.4 Å². The summed E-state index contributed by atoms with van der Waals surface area (Å²) in [5.74, 6) is 0.355. The van der Waals surface area contributed by atoms with E-state index in [1.165, 1.54) is 0 Å². The third-order valence-electron chi connectivity index (χ3n) is 3.66. The molecular formula is C14H18BrClN2O.